The van der Waals surface area contributed by atoms with Gasteiger partial charge in [0, 0.05) is 37.6 Å². The Morgan fingerprint density at radius 2 is 2.15 bits per heavy atom. The molecular weight excluding hydrogens is 396 g/mol. The first-order chi connectivity index (χ1) is 12.3. The summed E-state index contributed by atoms with van der Waals surface area (Å²) in [7, 11) is 4.29. The number of piperidine rings is 1. The van der Waals surface area contributed by atoms with E-state index in [9.17, 15) is 4.79 Å². The van der Waals surface area contributed by atoms with Crippen LogP contribution in [0.25, 0.3) is 0 Å². The van der Waals surface area contributed by atoms with Gasteiger partial charge in [-0.1, -0.05) is 12.1 Å². The quantitative estimate of drug-likeness (QED) is 0.795. The molecule has 6 nitrogen and oxygen atoms in total. The fourth-order valence-electron chi connectivity index (χ4n) is 4.94. The van der Waals surface area contributed by atoms with Crippen molar-refractivity contribution in [2.45, 2.75) is 37.3 Å². The van der Waals surface area contributed by atoms with Crippen LogP contribution >= 0.6 is 15.9 Å². The number of nitrogens with zero attached hydrogens (tertiary/aromatic N) is 3. The molecule has 7 heteroatoms. The van der Waals surface area contributed by atoms with Crippen LogP contribution in [0, 0.1) is 0 Å². The molecule has 1 saturated heterocycles. The van der Waals surface area contributed by atoms with Gasteiger partial charge in [0.15, 0.2) is 0 Å². The van der Waals surface area contributed by atoms with Gasteiger partial charge < -0.3 is 20.4 Å². The minimum atomic E-state index is -0.739. The van der Waals surface area contributed by atoms with E-state index in [4.69, 9.17) is 10.6 Å². The molecule has 2 N–H and O–H groups in total. The zero-order chi connectivity index (χ0) is 18.6. The van der Waals surface area contributed by atoms with Gasteiger partial charge in [0.05, 0.1) is 11.1 Å². The van der Waals surface area contributed by atoms with Gasteiger partial charge in [-0.3, -0.25) is 0 Å². The van der Waals surface area contributed by atoms with E-state index in [2.05, 4.69) is 71.2 Å². The van der Waals surface area contributed by atoms with E-state index < -0.39 is 6.09 Å². The lowest BCUT2D eigenvalue weighted by atomic mass is 9.80. The van der Waals surface area contributed by atoms with Crippen molar-refractivity contribution in [3.05, 3.63) is 40.0 Å². The number of halogens is 1. The Kier molecular flexibility index (Phi) is 4.19. The summed E-state index contributed by atoms with van der Waals surface area (Å²) in [6, 6.07) is 4.57. The molecule has 3 heterocycles. The van der Waals surface area contributed by atoms with E-state index in [1.165, 1.54) is 16.8 Å². The smallest absolute Gasteiger partial charge is 0.360 e. The summed E-state index contributed by atoms with van der Waals surface area (Å²) in [6.07, 6.45) is 6.10. The molecule has 140 valence electrons. The topological polar surface area (TPSA) is 62.0 Å². The lowest BCUT2D eigenvalue weighted by Crippen LogP contribution is -2.45. The monoisotopic (exact) mass is 420 g/mol. The minimum absolute atomic E-state index is 0.0323. The zero-order valence-corrected chi connectivity index (χ0v) is 17.0. The number of anilines is 1. The molecule has 0 aliphatic carbocycles. The summed E-state index contributed by atoms with van der Waals surface area (Å²) in [5.74, 6) is 0.320. The largest absolute Gasteiger partial charge is 0.423 e. The van der Waals surface area contributed by atoms with E-state index in [1.807, 2.05) is 0 Å². The maximum absolute atomic E-state index is 11.1. The van der Waals surface area contributed by atoms with Crippen molar-refractivity contribution < 1.29 is 9.63 Å². The van der Waals surface area contributed by atoms with Crippen LogP contribution in [0.3, 0.4) is 0 Å². The lowest BCUT2D eigenvalue weighted by molar-refractivity contribution is -0.112. The number of hydroxylamine groups is 2. The Bertz CT molecular complexity index is 783. The highest BCUT2D eigenvalue weighted by Gasteiger charge is 2.50. The molecule has 2 unspecified atom stereocenters. The van der Waals surface area contributed by atoms with Crippen LogP contribution in [0.5, 0.6) is 0 Å². The molecule has 3 aliphatic rings. The maximum atomic E-state index is 11.1. The van der Waals surface area contributed by atoms with Crippen LogP contribution in [0.15, 0.2) is 28.9 Å². The molecule has 3 atom stereocenters. The standard InChI is InChI=1S/C19H25BrN4O2/c1-19-6-8-22(2)17(19)23(3)16-14(19)9-13(10-15(16)20)12-5-4-7-24(11-12)26-18(21)25/h6,8-10,12,17H,4-5,7,11H2,1-3H3,(H2,21,25)/t12-,17?,19?/m0/s1. The summed E-state index contributed by atoms with van der Waals surface area (Å²) in [6.45, 7) is 3.72. The summed E-state index contributed by atoms with van der Waals surface area (Å²) in [4.78, 5) is 20.8. The predicted molar refractivity (Wildman–Crippen MR) is 105 cm³/mol. The van der Waals surface area contributed by atoms with Crippen LogP contribution in [0.4, 0.5) is 10.5 Å². The average molecular weight is 421 g/mol. The third kappa shape index (κ3) is 2.60. The Hall–Kier alpha value is -1.73. The first-order valence-electron chi connectivity index (χ1n) is 9.01. The first-order valence-corrected chi connectivity index (χ1v) is 9.81. The third-order valence-corrected chi connectivity index (χ3v) is 6.64. The number of carbonyl (C=O) groups excluding carboxylic acids is 1. The third-order valence-electron chi connectivity index (χ3n) is 6.04. The van der Waals surface area contributed by atoms with E-state index in [-0.39, 0.29) is 5.41 Å². The summed E-state index contributed by atoms with van der Waals surface area (Å²) in [5, 5.41) is 1.69. The number of benzene rings is 1. The van der Waals surface area contributed by atoms with Crippen LogP contribution in [-0.4, -0.2) is 49.4 Å². The highest BCUT2D eigenvalue weighted by Crippen LogP contribution is 2.53. The Balaban J connectivity index is 1.69. The van der Waals surface area contributed by atoms with Gasteiger partial charge in [0.1, 0.15) is 6.17 Å². The Labute approximate surface area is 162 Å². The number of amides is 1. The molecule has 26 heavy (non-hydrogen) atoms. The lowest BCUT2D eigenvalue weighted by Gasteiger charge is -2.33. The molecule has 0 radical (unpaired) electrons. The number of likely N-dealkylation sites (N-methyl/N-ethyl adjacent to an activating group) is 2. The van der Waals surface area contributed by atoms with Crippen molar-refractivity contribution in [1.29, 1.82) is 0 Å². The van der Waals surface area contributed by atoms with Crippen LogP contribution in [-0.2, 0) is 10.3 Å². The van der Waals surface area contributed by atoms with E-state index >= 15 is 0 Å². The van der Waals surface area contributed by atoms with Crippen molar-refractivity contribution >= 4 is 27.7 Å². The Morgan fingerprint density at radius 1 is 1.38 bits per heavy atom. The molecule has 3 aliphatic heterocycles. The van der Waals surface area contributed by atoms with Crippen LogP contribution < -0.4 is 10.6 Å². The molecule has 0 aromatic heterocycles. The fraction of sp³-hybridized carbons (Fsp3) is 0.526. The van der Waals surface area contributed by atoms with Crippen molar-refractivity contribution in [1.82, 2.24) is 9.96 Å². The Morgan fingerprint density at radius 3 is 2.88 bits per heavy atom. The summed E-state index contributed by atoms with van der Waals surface area (Å²) in [5.41, 5.74) is 9.05. The number of primary amides is 1. The second kappa shape index (κ2) is 6.16. The van der Waals surface area contributed by atoms with Crippen molar-refractivity contribution in [2.24, 2.45) is 5.73 Å². The minimum Gasteiger partial charge on any atom is -0.360 e. The highest BCUT2D eigenvalue weighted by molar-refractivity contribution is 9.10. The van der Waals surface area contributed by atoms with Crippen molar-refractivity contribution in [2.75, 3.05) is 32.1 Å². The van der Waals surface area contributed by atoms with Gasteiger partial charge in [-0.05, 0) is 59.1 Å². The number of hydrogen-bond acceptors (Lipinski definition) is 5. The molecule has 4 rings (SSSR count). The van der Waals surface area contributed by atoms with Gasteiger partial charge in [-0.2, -0.15) is 0 Å². The molecule has 0 spiro atoms. The zero-order valence-electron chi connectivity index (χ0n) is 15.4. The predicted octanol–water partition coefficient (Wildman–Crippen LogP) is 3.13. The highest BCUT2D eigenvalue weighted by atomic mass is 79.9. The van der Waals surface area contributed by atoms with E-state index in [1.54, 1.807) is 5.06 Å². The van der Waals surface area contributed by atoms with Crippen molar-refractivity contribution in [3.63, 3.8) is 0 Å². The van der Waals surface area contributed by atoms with Crippen molar-refractivity contribution in [3.8, 4) is 0 Å². The molecule has 0 saturated carbocycles. The molecular formula is C19H25BrN4O2. The first kappa shape index (κ1) is 17.7. The number of rotatable bonds is 2. The SMILES string of the molecule is CN1C=CC2(C)c3cc([C@H]4CCCN(OC(N)=O)C4)cc(Br)c3N(C)C12. The van der Waals surface area contributed by atoms with Crippen LogP contribution in [0.2, 0.25) is 0 Å². The second-order valence-electron chi connectivity index (χ2n) is 7.78. The summed E-state index contributed by atoms with van der Waals surface area (Å²) >= 11 is 3.81. The van der Waals surface area contributed by atoms with Gasteiger partial charge in [0.2, 0.25) is 0 Å². The molecule has 1 aromatic rings. The molecule has 1 aromatic carbocycles. The van der Waals surface area contributed by atoms with Gasteiger partial charge >= 0.3 is 6.09 Å². The van der Waals surface area contributed by atoms with Crippen LogP contribution in [0.1, 0.15) is 36.8 Å². The van der Waals surface area contributed by atoms with E-state index in [0.29, 0.717) is 18.6 Å². The summed E-state index contributed by atoms with van der Waals surface area (Å²) < 4.78 is 1.12. The van der Waals surface area contributed by atoms with Gasteiger partial charge in [0.25, 0.3) is 0 Å². The van der Waals surface area contributed by atoms with Gasteiger partial charge in [-0.25, -0.2) is 4.79 Å². The average Bonchev–Trinajstić information content (AvgIpc) is 3.00. The second-order valence-corrected chi connectivity index (χ2v) is 8.64. The normalized spacial score (nSPS) is 30.5. The number of fused-ring (bicyclic) bond motifs is 3. The number of nitrogens with two attached hydrogens (primary N) is 1. The molecule has 1 fully saturated rings. The fourth-order valence-corrected chi connectivity index (χ4v) is 5.70. The van der Waals surface area contributed by atoms with E-state index in [0.717, 1.165) is 23.9 Å². The maximum Gasteiger partial charge on any atom is 0.423 e. The molecule has 0 bridgehead atoms. The molecule has 1 amide bonds. The van der Waals surface area contributed by atoms with Gasteiger partial charge in [-0.15, -0.1) is 5.06 Å². The number of carbonyl (C=O) groups is 1. The number of hydrogen-bond donors (Lipinski definition) is 1.